The number of hydrogen-bond donors (Lipinski definition) is 1. The molecule has 1 amide bonds. The number of nitrogens with one attached hydrogen (secondary N) is 1. The molecule has 0 aliphatic heterocycles. The Hall–Kier alpha value is -3.92. The zero-order valence-electron chi connectivity index (χ0n) is 20.1. The summed E-state index contributed by atoms with van der Waals surface area (Å²) < 4.78 is 17.3. The summed E-state index contributed by atoms with van der Waals surface area (Å²) in [6.45, 7) is 1.84. The first-order valence-corrected chi connectivity index (χ1v) is 11.7. The molecule has 35 heavy (non-hydrogen) atoms. The van der Waals surface area contributed by atoms with E-state index in [1.807, 2.05) is 24.4 Å². The number of hydrogen-bond acceptors (Lipinski definition) is 8. The second-order valence-corrected chi connectivity index (χ2v) is 8.81. The van der Waals surface area contributed by atoms with Crippen molar-refractivity contribution in [1.29, 1.82) is 0 Å². The summed E-state index contributed by atoms with van der Waals surface area (Å²) in [5, 5.41) is 10.1. The number of ether oxygens (including phenoxy) is 3. The number of carbonyl (C=O) groups excluding carboxylic acids is 2. The van der Waals surface area contributed by atoms with Crippen LogP contribution in [0, 0.1) is 6.92 Å². The number of benzene rings is 1. The van der Waals surface area contributed by atoms with Gasteiger partial charge in [-0.25, -0.2) is 4.98 Å². The van der Waals surface area contributed by atoms with E-state index in [1.54, 1.807) is 43.1 Å². The topological polar surface area (TPSA) is 105 Å². The van der Waals surface area contributed by atoms with Crippen molar-refractivity contribution in [2.24, 2.45) is 7.05 Å². The highest BCUT2D eigenvalue weighted by Gasteiger charge is 2.25. The maximum absolute atomic E-state index is 13.7. The maximum atomic E-state index is 13.7. The van der Waals surface area contributed by atoms with Crippen molar-refractivity contribution in [3.8, 4) is 22.1 Å². The molecule has 182 valence electrons. The first kappa shape index (κ1) is 24.2. The number of aromatic nitrogens is 3. The Morgan fingerprint density at radius 3 is 2.54 bits per heavy atom. The van der Waals surface area contributed by atoms with E-state index in [1.165, 1.54) is 25.6 Å². The second kappa shape index (κ2) is 10.1. The Labute approximate surface area is 206 Å². The van der Waals surface area contributed by atoms with Gasteiger partial charge in [0.15, 0.2) is 17.1 Å². The van der Waals surface area contributed by atoms with Crippen LogP contribution in [0.3, 0.4) is 0 Å². The SMILES string of the molecule is COC(=O)CC(NC(=O)c1cc(-c2cccs2)nc2c1c(C)nn2C)c1ccc(OC)c(OC)c1. The number of carbonyl (C=O) groups is 2. The molecule has 0 aliphatic carbocycles. The minimum Gasteiger partial charge on any atom is -0.493 e. The fourth-order valence-corrected chi connectivity index (χ4v) is 4.67. The van der Waals surface area contributed by atoms with E-state index < -0.39 is 12.0 Å². The van der Waals surface area contributed by atoms with Gasteiger partial charge in [0, 0.05) is 7.05 Å². The molecular formula is C25H26N4O5S. The fourth-order valence-electron chi connectivity index (χ4n) is 3.98. The van der Waals surface area contributed by atoms with Gasteiger partial charge in [-0.05, 0) is 42.1 Å². The highest BCUT2D eigenvalue weighted by molar-refractivity contribution is 7.13. The molecule has 3 aromatic heterocycles. The number of thiophene rings is 1. The van der Waals surface area contributed by atoms with Crippen molar-refractivity contribution in [3.05, 3.63) is 58.6 Å². The number of nitrogens with zero attached hydrogens (tertiary/aromatic N) is 3. The lowest BCUT2D eigenvalue weighted by atomic mass is 10.0. The summed E-state index contributed by atoms with van der Waals surface area (Å²) in [6.07, 6.45) is -0.0598. The predicted octanol–water partition coefficient (Wildman–Crippen LogP) is 4.06. The van der Waals surface area contributed by atoms with Crippen LogP contribution in [-0.2, 0) is 16.6 Å². The van der Waals surface area contributed by atoms with Crippen LogP contribution >= 0.6 is 11.3 Å². The number of pyridine rings is 1. The smallest absolute Gasteiger partial charge is 0.307 e. The van der Waals surface area contributed by atoms with E-state index in [4.69, 9.17) is 19.2 Å². The Balaban J connectivity index is 1.78. The molecule has 10 heteroatoms. The second-order valence-electron chi connectivity index (χ2n) is 7.86. The summed E-state index contributed by atoms with van der Waals surface area (Å²) in [6, 6.07) is 10.2. The molecule has 0 radical (unpaired) electrons. The van der Waals surface area contributed by atoms with Crippen molar-refractivity contribution in [1.82, 2.24) is 20.1 Å². The highest BCUT2D eigenvalue weighted by Crippen LogP contribution is 2.33. The van der Waals surface area contributed by atoms with Gasteiger partial charge in [0.25, 0.3) is 5.91 Å². The number of rotatable bonds is 8. The van der Waals surface area contributed by atoms with Gasteiger partial charge in [-0.1, -0.05) is 12.1 Å². The van der Waals surface area contributed by atoms with Crippen LogP contribution < -0.4 is 14.8 Å². The molecule has 1 unspecified atom stereocenters. The van der Waals surface area contributed by atoms with Gasteiger partial charge in [-0.3, -0.25) is 14.3 Å². The van der Waals surface area contributed by atoms with E-state index in [0.717, 1.165) is 4.88 Å². The third-order valence-electron chi connectivity index (χ3n) is 5.70. The van der Waals surface area contributed by atoms with Crippen LogP contribution in [0.25, 0.3) is 21.6 Å². The predicted molar refractivity (Wildman–Crippen MR) is 133 cm³/mol. The zero-order valence-corrected chi connectivity index (χ0v) is 20.9. The third kappa shape index (κ3) is 4.83. The molecule has 1 aromatic carbocycles. The third-order valence-corrected chi connectivity index (χ3v) is 6.59. The van der Waals surface area contributed by atoms with Crippen molar-refractivity contribution in [2.75, 3.05) is 21.3 Å². The zero-order chi connectivity index (χ0) is 25.1. The average Bonchev–Trinajstić information content (AvgIpc) is 3.50. The van der Waals surface area contributed by atoms with E-state index in [0.29, 0.717) is 45.0 Å². The Bertz CT molecular complexity index is 1380. The molecule has 9 nitrogen and oxygen atoms in total. The first-order valence-electron chi connectivity index (χ1n) is 10.8. The van der Waals surface area contributed by atoms with Gasteiger partial charge in [0.1, 0.15) is 0 Å². The molecule has 1 N–H and O–H groups in total. The Morgan fingerprint density at radius 2 is 1.89 bits per heavy atom. The summed E-state index contributed by atoms with van der Waals surface area (Å²) in [5.41, 5.74) is 3.08. The van der Waals surface area contributed by atoms with Gasteiger partial charge >= 0.3 is 5.97 Å². The summed E-state index contributed by atoms with van der Waals surface area (Å²) in [4.78, 5) is 31.6. The molecule has 0 spiro atoms. The van der Waals surface area contributed by atoms with Crippen LogP contribution in [-0.4, -0.2) is 48.0 Å². The number of fused-ring (bicyclic) bond motifs is 1. The maximum Gasteiger partial charge on any atom is 0.307 e. The first-order chi connectivity index (χ1) is 16.9. The van der Waals surface area contributed by atoms with Crippen LogP contribution in [0.5, 0.6) is 11.5 Å². The monoisotopic (exact) mass is 494 g/mol. The van der Waals surface area contributed by atoms with Crippen molar-refractivity contribution >= 4 is 34.2 Å². The molecule has 0 bridgehead atoms. The van der Waals surface area contributed by atoms with E-state index in [-0.39, 0.29) is 12.3 Å². The van der Waals surface area contributed by atoms with Crippen LogP contribution in [0.1, 0.15) is 34.1 Å². The minimum atomic E-state index is -0.667. The fraction of sp³-hybridized carbons (Fsp3) is 0.280. The van der Waals surface area contributed by atoms with E-state index in [2.05, 4.69) is 10.4 Å². The van der Waals surface area contributed by atoms with E-state index >= 15 is 0 Å². The quantitative estimate of drug-likeness (QED) is 0.368. The number of esters is 1. The Morgan fingerprint density at radius 1 is 1.11 bits per heavy atom. The van der Waals surface area contributed by atoms with Crippen LogP contribution in [0.15, 0.2) is 41.8 Å². The lowest BCUT2D eigenvalue weighted by molar-refractivity contribution is -0.141. The largest absolute Gasteiger partial charge is 0.493 e. The molecule has 0 fully saturated rings. The van der Waals surface area contributed by atoms with Gasteiger partial charge in [0.2, 0.25) is 0 Å². The van der Waals surface area contributed by atoms with Gasteiger partial charge in [-0.15, -0.1) is 11.3 Å². The van der Waals surface area contributed by atoms with Gasteiger partial charge in [-0.2, -0.15) is 5.10 Å². The van der Waals surface area contributed by atoms with E-state index in [9.17, 15) is 9.59 Å². The lowest BCUT2D eigenvalue weighted by Gasteiger charge is -2.20. The van der Waals surface area contributed by atoms with Crippen molar-refractivity contribution in [2.45, 2.75) is 19.4 Å². The highest BCUT2D eigenvalue weighted by atomic mass is 32.1. The number of aryl methyl sites for hydroxylation is 2. The van der Waals surface area contributed by atoms with Gasteiger partial charge < -0.3 is 19.5 Å². The van der Waals surface area contributed by atoms with Crippen LogP contribution in [0.2, 0.25) is 0 Å². The summed E-state index contributed by atoms with van der Waals surface area (Å²) >= 11 is 1.54. The lowest BCUT2D eigenvalue weighted by Crippen LogP contribution is -2.31. The van der Waals surface area contributed by atoms with Gasteiger partial charge in [0.05, 0.1) is 61.0 Å². The molecule has 0 saturated heterocycles. The molecule has 1 atom stereocenters. The molecule has 0 aliphatic rings. The molecule has 4 rings (SSSR count). The number of amides is 1. The minimum absolute atomic E-state index is 0.0598. The summed E-state index contributed by atoms with van der Waals surface area (Å²) in [5.74, 6) is 0.224. The molecular weight excluding hydrogens is 468 g/mol. The molecule has 3 heterocycles. The van der Waals surface area contributed by atoms with Crippen molar-refractivity contribution in [3.63, 3.8) is 0 Å². The molecule has 4 aromatic rings. The Kier molecular flexibility index (Phi) is 7.02. The summed E-state index contributed by atoms with van der Waals surface area (Å²) in [7, 11) is 6.18. The standard InChI is InChI=1S/C25H26N4O5S/c1-14-23-16(12-18(21-7-6-10-35-21)26-24(23)29(2)28-14)25(31)27-17(13-22(30)34-5)15-8-9-19(32-3)20(11-15)33-4/h6-12,17H,13H2,1-5H3,(H,27,31). The number of methoxy groups -OCH3 is 3. The molecule has 0 saturated carbocycles. The van der Waals surface area contributed by atoms with Crippen molar-refractivity contribution < 1.29 is 23.8 Å². The normalized spacial score (nSPS) is 11.8. The van der Waals surface area contributed by atoms with Crippen LogP contribution in [0.4, 0.5) is 0 Å². The average molecular weight is 495 g/mol.